The van der Waals surface area contributed by atoms with Crippen LogP contribution in [-0.2, 0) is 0 Å². The molecule has 112 valence electrons. The lowest BCUT2D eigenvalue weighted by Gasteiger charge is -2.22. The first-order chi connectivity index (χ1) is 9.35. The lowest BCUT2D eigenvalue weighted by Crippen LogP contribution is -2.31. The van der Waals surface area contributed by atoms with E-state index in [-0.39, 0.29) is 17.0 Å². The lowest BCUT2D eigenvalue weighted by molar-refractivity contribution is 0.287. The molecule has 0 aromatic heterocycles. The van der Waals surface area contributed by atoms with Gasteiger partial charge in [0.05, 0.1) is 6.61 Å². The molecule has 6 heteroatoms. The van der Waals surface area contributed by atoms with Gasteiger partial charge >= 0.3 is 0 Å². The summed E-state index contributed by atoms with van der Waals surface area (Å²) in [5.74, 6) is -0.954. The Bertz CT molecular complexity index is 456. The fourth-order valence-electron chi connectivity index (χ4n) is 1.73. The molecule has 20 heavy (non-hydrogen) atoms. The molecule has 1 aromatic rings. The third-order valence-electron chi connectivity index (χ3n) is 3.10. The van der Waals surface area contributed by atoms with E-state index >= 15 is 0 Å². The van der Waals surface area contributed by atoms with E-state index in [9.17, 15) is 8.78 Å². The second-order valence-corrected chi connectivity index (χ2v) is 5.28. The third-order valence-corrected chi connectivity index (χ3v) is 3.10. The topological polar surface area (TPSA) is 67.8 Å². The Balaban J connectivity index is 2.32. The summed E-state index contributed by atoms with van der Waals surface area (Å²) in [4.78, 5) is 0. The van der Waals surface area contributed by atoms with Gasteiger partial charge in [-0.2, -0.15) is 0 Å². The predicted molar refractivity (Wildman–Crippen MR) is 72.9 cm³/mol. The van der Waals surface area contributed by atoms with E-state index in [1.54, 1.807) is 0 Å². The van der Waals surface area contributed by atoms with Crippen LogP contribution in [0.5, 0.6) is 5.75 Å². The van der Waals surface area contributed by atoms with Crippen LogP contribution in [0.15, 0.2) is 23.4 Å². The molecule has 0 aliphatic heterocycles. The maximum Gasteiger partial charge on any atom is 0.144 e. The first-order valence-electron chi connectivity index (χ1n) is 6.42. The molecule has 0 aliphatic rings. The first kappa shape index (κ1) is 16.2. The monoisotopic (exact) mass is 286 g/mol. The number of rotatable bonds is 7. The van der Waals surface area contributed by atoms with Gasteiger partial charge in [0, 0.05) is 23.6 Å². The Morgan fingerprint density at radius 2 is 1.85 bits per heavy atom. The predicted octanol–water partition coefficient (Wildman–Crippen LogP) is 3.29. The van der Waals surface area contributed by atoms with Gasteiger partial charge in [0.2, 0.25) is 0 Å². The number of unbranched alkanes of at least 4 members (excludes halogenated alkanes) is 1. The average Bonchev–Trinajstić information content (AvgIpc) is 2.36. The van der Waals surface area contributed by atoms with E-state index in [0.717, 1.165) is 31.0 Å². The fraction of sp³-hybridized carbons (Fsp3) is 0.500. The van der Waals surface area contributed by atoms with Gasteiger partial charge in [-0.25, -0.2) is 8.78 Å². The number of benzene rings is 1. The molecule has 0 saturated heterocycles. The largest absolute Gasteiger partial charge is 0.493 e. The Labute approximate surface area is 117 Å². The molecule has 0 unspecified atom stereocenters. The van der Waals surface area contributed by atoms with Crippen LogP contribution < -0.4 is 10.5 Å². The van der Waals surface area contributed by atoms with Crippen molar-refractivity contribution in [2.75, 3.05) is 6.61 Å². The summed E-state index contributed by atoms with van der Waals surface area (Å²) in [5, 5.41) is 11.6. The molecular weight excluding hydrogens is 266 g/mol. The van der Waals surface area contributed by atoms with Crippen LogP contribution in [0.25, 0.3) is 0 Å². The molecule has 0 bridgehead atoms. The number of nitrogens with zero attached hydrogens (tertiary/aromatic N) is 1. The maximum atomic E-state index is 12.9. The summed E-state index contributed by atoms with van der Waals surface area (Å²) in [7, 11) is 0. The van der Waals surface area contributed by atoms with Gasteiger partial charge in [0.25, 0.3) is 0 Å². The van der Waals surface area contributed by atoms with Crippen molar-refractivity contribution in [2.24, 2.45) is 16.3 Å². The van der Waals surface area contributed by atoms with Crippen LogP contribution in [-0.4, -0.2) is 17.6 Å². The minimum atomic E-state index is -0.659. The van der Waals surface area contributed by atoms with Crippen LogP contribution in [0.2, 0.25) is 0 Å². The SMILES string of the molecule is CC(C)(CCCCOc1cc(F)cc(F)c1)/C(N)=N/O. The smallest absolute Gasteiger partial charge is 0.144 e. The Kier molecular flexibility index (Phi) is 5.73. The first-order valence-corrected chi connectivity index (χ1v) is 6.42. The normalized spacial score (nSPS) is 12.5. The molecule has 1 rings (SSSR count). The van der Waals surface area contributed by atoms with Crippen LogP contribution in [0.4, 0.5) is 8.78 Å². The van der Waals surface area contributed by atoms with Gasteiger partial charge < -0.3 is 15.7 Å². The zero-order valence-corrected chi connectivity index (χ0v) is 11.7. The van der Waals surface area contributed by atoms with E-state index < -0.39 is 11.6 Å². The van der Waals surface area contributed by atoms with Crippen LogP contribution in [0.1, 0.15) is 33.1 Å². The van der Waals surface area contributed by atoms with Gasteiger partial charge in [0.15, 0.2) is 0 Å². The molecule has 0 aliphatic carbocycles. The maximum absolute atomic E-state index is 12.9. The molecule has 0 saturated carbocycles. The zero-order valence-electron chi connectivity index (χ0n) is 11.7. The van der Waals surface area contributed by atoms with E-state index in [1.165, 1.54) is 0 Å². The molecule has 0 spiro atoms. The van der Waals surface area contributed by atoms with Gasteiger partial charge in [-0.3, -0.25) is 0 Å². The number of nitrogens with two attached hydrogens (primary N) is 1. The molecule has 0 heterocycles. The Morgan fingerprint density at radius 3 is 2.40 bits per heavy atom. The molecule has 0 fully saturated rings. The van der Waals surface area contributed by atoms with Crippen molar-refractivity contribution in [3.63, 3.8) is 0 Å². The standard InChI is InChI=1S/C14H20F2N2O2/c1-14(2,13(17)18-19)5-3-4-6-20-12-8-10(15)7-11(16)9-12/h7-9,19H,3-6H2,1-2H3,(H2,17,18). The van der Waals surface area contributed by atoms with E-state index in [1.807, 2.05) is 13.8 Å². The number of oxime groups is 1. The second kappa shape index (κ2) is 7.07. The van der Waals surface area contributed by atoms with Crippen molar-refractivity contribution >= 4 is 5.84 Å². The molecule has 4 nitrogen and oxygen atoms in total. The van der Waals surface area contributed by atoms with E-state index in [4.69, 9.17) is 15.7 Å². The van der Waals surface area contributed by atoms with Crippen molar-refractivity contribution < 1.29 is 18.7 Å². The van der Waals surface area contributed by atoms with Gasteiger partial charge in [0.1, 0.15) is 23.2 Å². The summed E-state index contributed by atoms with van der Waals surface area (Å²) in [5.41, 5.74) is 5.19. The van der Waals surface area contributed by atoms with Crippen LogP contribution in [0.3, 0.4) is 0 Å². The molecule has 0 atom stereocenters. The quantitative estimate of drug-likeness (QED) is 0.266. The van der Waals surface area contributed by atoms with Gasteiger partial charge in [-0.05, 0) is 19.3 Å². The van der Waals surface area contributed by atoms with Crippen LogP contribution >= 0.6 is 0 Å². The minimum Gasteiger partial charge on any atom is -0.493 e. The number of hydrogen-bond donors (Lipinski definition) is 2. The third kappa shape index (κ3) is 5.03. The van der Waals surface area contributed by atoms with Crippen molar-refractivity contribution in [1.82, 2.24) is 0 Å². The average molecular weight is 286 g/mol. The highest BCUT2D eigenvalue weighted by molar-refractivity contribution is 5.85. The summed E-state index contributed by atoms with van der Waals surface area (Å²) in [6, 6.07) is 3.08. The van der Waals surface area contributed by atoms with E-state index in [2.05, 4.69) is 5.16 Å². The second-order valence-electron chi connectivity index (χ2n) is 5.28. The highest BCUT2D eigenvalue weighted by Gasteiger charge is 2.22. The molecular formula is C14H20F2N2O2. The number of halogens is 2. The fourth-order valence-corrected chi connectivity index (χ4v) is 1.73. The summed E-state index contributed by atoms with van der Waals surface area (Å²) in [6.07, 6.45) is 2.23. The van der Waals surface area contributed by atoms with Crippen molar-refractivity contribution in [3.05, 3.63) is 29.8 Å². The minimum absolute atomic E-state index is 0.179. The summed E-state index contributed by atoms with van der Waals surface area (Å²) < 4.78 is 31.1. The Morgan fingerprint density at radius 1 is 1.25 bits per heavy atom. The highest BCUT2D eigenvalue weighted by Crippen LogP contribution is 2.23. The van der Waals surface area contributed by atoms with E-state index in [0.29, 0.717) is 13.0 Å². The number of ether oxygens (including phenoxy) is 1. The lowest BCUT2D eigenvalue weighted by atomic mass is 9.86. The number of amidine groups is 1. The van der Waals surface area contributed by atoms with Gasteiger partial charge in [-0.15, -0.1) is 0 Å². The zero-order chi connectivity index (χ0) is 15.2. The van der Waals surface area contributed by atoms with Crippen molar-refractivity contribution in [3.8, 4) is 5.75 Å². The summed E-state index contributed by atoms with van der Waals surface area (Å²) >= 11 is 0. The van der Waals surface area contributed by atoms with Crippen molar-refractivity contribution in [2.45, 2.75) is 33.1 Å². The summed E-state index contributed by atoms with van der Waals surface area (Å²) in [6.45, 7) is 4.12. The molecule has 1 aromatic carbocycles. The van der Waals surface area contributed by atoms with Crippen molar-refractivity contribution in [1.29, 1.82) is 0 Å². The van der Waals surface area contributed by atoms with Crippen LogP contribution in [0, 0.1) is 17.0 Å². The Hall–Kier alpha value is -1.85. The van der Waals surface area contributed by atoms with Gasteiger partial charge in [-0.1, -0.05) is 19.0 Å². The molecule has 0 radical (unpaired) electrons. The molecule has 0 amide bonds. The highest BCUT2D eigenvalue weighted by atomic mass is 19.1. The number of hydrogen-bond acceptors (Lipinski definition) is 3. The molecule has 3 N–H and O–H groups in total.